The van der Waals surface area contributed by atoms with Gasteiger partial charge in [0, 0.05) is 11.4 Å². The normalized spacial score (nSPS) is 10.8. The molecule has 0 aliphatic heterocycles. The summed E-state index contributed by atoms with van der Waals surface area (Å²) in [5.74, 6) is 0.786. The quantitative estimate of drug-likeness (QED) is 0.767. The molecule has 5 heteroatoms. The van der Waals surface area contributed by atoms with E-state index in [1.807, 2.05) is 24.7 Å². The van der Waals surface area contributed by atoms with Crippen LogP contribution in [0, 0.1) is 13.8 Å². The van der Waals surface area contributed by atoms with Crippen molar-refractivity contribution in [2.24, 2.45) is 0 Å². The fraction of sp³-hybridized carbons (Fsp3) is 0.333. The number of H-pyrrole nitrogens is 1. The minimum Gasteiger partial charge on any atom is -0.288 e. The van der Waals surface area contributed by atoms with Crippen molar-refractivity contribution in [2.45, 2.75) is 19.0 Å². The fourth-order valence-electron chi connectivity index (χ4n) is 1.43. The monoisotopic (exact) mass is 208 g/mol. The minimum atomic E-state index is 0.771. The summed E-state index contributed by atoms with van der Waals surface area (Å²) in [5, 5.41) is 7.77. The molecule has 4 nitrogen and oxygen atoms in total. The first-order valence-corrected chi connectivity index (χ1v) is 5.56. The summed E-state index contributed by atoms with van der Waals surface area (Å²) in [6.07, 6.45) is 1.96. The van der Waals surface area contributed by atoms with Crippen LogP contribution in [-0.4, -0.2) is 26.0 Å². The third-order valence-electron chi connectivity index (χ3n) is 2.12. The van der Waals surface area contributed by atoms with Gasteiger partial charge in [-0.1, -0.05) is 11.8 Å². The highest BCUT2D eigenvalue weighted by Gasteiger charge is 2.08. The number of rotatable bonds is 2. The molecule has 2 aromatic rings. The molecule has 14 heavy (non-hydrogen) atoms. The lowest BCUT2D eigenvalue weighted by atomic mass is 10.5. The zero-order valence-electron chi connectivity index (χ0n) is 8.40. The minimum absolute atomic E-state index is 0.771. The average molecular weight is 208 g/mol. The first kappa shape index (κ1) is 9.33. The second-order valence-corrected chi connectivity index (χ2v) is 3.87. The molecule has 0 saturated heterocycles. The van der Waals surface area contributed by atoms with Gasteiger partial charge in [-0.2, -0.15) is 4.98 Å². The first-order chi connectivity index (χ1) is 6.72. The van der Waals surface area contributed by atoms with Crippen LogP contribution in [0.25, 0.3) is 5.95 Å². The Morgan fingerprint density at radius 2 is 1.93 bits per heavy atom. The Balaban J connectivity index is 2.48. The maximum atomic E-state index is 4.35. The van der Waals surface area contributed by atoms with E-state index in [4.69, 9.17) is 0 Å². The van der Waals surface area contributed by atoms with E-state index in [-0.39, 0.29) is 0 Å². The van der Waals surface area contributed by atoms with Crippen molar-refractivity contribution in [3.63, 3.8) is 0 Å². The van der Waals surface area contributed by atoms with Gasteiger partial charge < -0.3 is 0 Å². The summed E-state index contributed by atoms with van der Waals surface area (Å²) >= 11 is 1.53. The molecule has 2 rings (SSSR count). The van der Waals surface area contributed by atoms with E-state index in [1.54, 1.807) is 0 Å². The zero-order valence-corrected chi connectivity index (χ0v) is 9.22. The Hall–Kier alpha value is -1.23. The maximum Gasteiger partial charge on any atom is 0.230 e. The molecule has 0 saturated carbocycles. The number of nitrogens with zero attached hydrogens (tertiary/aromatic N) is 3. The van der Waals surface area contributed by atoms with E-state index in [9.17, 15) is 0 Å². The average Bonchev–Trinajstić information content (AvgIpc) is 2.73. The van der Waals surface area contributed by atoms with Crippen molar-refractivity contribution in [3.8, 4) is 5.95 Å². The number of hydrogen-bond donors (Lipinski definition) is 1. The molecule has 2 aromatic heterocycles. The molecule has 0 fully saturated rings. The van der Waals surface area contributed by atoms with Gasteiger partial charge in [0.2, 0.25) is 11.1 Å². The molecule has 74 valence electrons. The lowest BCUT2D eigenvalue weighted by Gasteiger charge is -2.02. The summed E-state index contributed by atoms with van der Waals surface area (Å²) in [6, 6.07) is 4.13. The van der Waals surface area contributed by atoms with Gasteiger partial charge in [-0.05, 0) is 32.2 Å². The fourth-order valence-corrected chi connectivity index (χ4v) is 1.75. The molecular formula is C9H12N4S. The van der Waals surface area contributed by atoms with Crippen LogP contribution >= 0.6 is 11.8 Å². The van der Waals surface area contributed by atoms with Crippen LogP contribution in [0.2, 0.25) is 0 Å². The lowest BCUT2D eigenvalue weighted by Crippen LogP contribution is -2.00. The molecule has 0 aliphatic rings. The zero-order chi connectivity index (χ0) is 10.1. The third kappa shape index (κ3) is 1.43. The number of nitrogens with one attached hydrogen (secondary N) is 1. The molecule has 0 bridgehead atoms. The topological polar surface area (TPSA) is 46.5 Å². The van der Waals surface area contributed by atoms with E-state index in [2.05, 4.69) is 27.3 Å². The van der Waals surface area contributed by atoms with Crippen LogP contribution in [0.1, 0.15) is 11.4 Å². The molecule has 0 aliphatic carbocycles. The molecule has 1 N–H and O–H groups in total. The van der Waals surface area contributed by atoms with Crippen LogP contribution < -0.4 is 0 Å². The molecule has 0 radical (unpaired) electrons. The van der Waals surface area contributed by atoms with Crippen LogP contribution in [0.15, 0.2) is 17.3 Å². The summed E-state index contributed by atoms with van der Waals surface area (Å²) in [5.41, 5.74) is 2.32. The van der Waals surface area contributed by atoms with Crippen molar-refractivity contribution in [3.05, 3.63) is 23.5 Å². The lowest BCUT2D eigenvalue weighted by molar-refractivity contribution is 0.878. The van der Waals surface area contributed by atoms with E-state index < -0.39 is 0 Å². The number of aryl methyl sites for hydroxylation is 2. The molecule has 0 amide bonds. The Kier molecular flexibility index (Phi) is 2.33. The third-order valence-corrected chi connectivity index (χ3v) is 2.67. The summed E-state index contributed by atoms with van der Waals surface area (Å²) in [6.45, 7) is 4.10. The van der Waals surface area contributed by atoms with Gasteiger partial charge in [0.1, 0.15) is 0 Å². The van der Waals surface area contributed by atoms with Gasteiger partial charge in [-0.25, -0.2) is 5.10 Å². The smallest absolute Gasteiger partial charge is 0.230 e. The summed E-state index contributed by atoms with van der Waals surface area (Å²) < 4.78 is 2.05. The molecule has 0 aromatic carbocycles. The van der Waals surface area contributed by atoms with E-state index >= 15 is 0 Å². The second kappa shape index (κ2) is 3.49. The second-order valence-electron chi connectivity index (χ2n) is 3.10. The van der Waals surface area contributed by atoms with Crippen molar-refractivity contribution < 1.29 is 0 Å². The van der Waals surface area contributed by atoms with Gasteiger partial charge in [0.25, 0.3) is 0 Å². The molecular weight excluding hydrogens is 196 g/mol. The van der Waals surface area contributed by atoms with Gasteiger partial charge in [0.15, 0.2) is 0 Å². The Morgan fingerprint density at radius 1 is 1.29 bits per heavy atom. The Morgan fingerprint density at radius 3 is 2.43 bits per heavy atom. The van der Waals surface area contributed by atoms with Crippen molar-refractivity contribution in [1.82, 2.24) is 19.7 Å². The molecule has 0 spiro atoms. The number of aromatic amines is 1. The van der Waals surface area contributed by atoms with Crippen LogP contribution in [0.5, 0.6) is 0 Å². The van der Waals surface area contributed by atoms with E-state index in [0.717, 1.165) is 22.5 Å². The highest BCUT2D eigenvalue weighted by molar-refractivity contribution is 7.98. The van der Waals surface area contributed by atoms with Crippen molar-refractivity contribution in [2.75, 3.05) is 6.26 Å². The summed E-state index contributed by atoms with van der Waals surface area (Å²) in [4.78, 5) is 4.35. The molecule has 0 unspecified atom stereocenters. The predicted octanol–water partition coefficient (Wildman–Crippen LogP) is 1.93. The standard InChI is InChI=1S/C9H12N4S/c1-6-4-5-7(2)13(6)8-10-9(14-3)12-11-8/h4-5H,1-3H3,(H,10,11,12). The van der Waals surface area contributed by atoms with Gasteiger partial charge in [-0.3, -0.25) is 4.57 Å². The highest BCUT2D eigenvalue weighted by atomic mass is 32.2. The van der Waals surface area contributed by atoms with Crippen molar-refractivity contribution >= 4 is 11.8 Å². The van der Waals surface area contributed by atoms with Crippen LogP contribution in [0.4, 0.5) is 0 Å². The van der Waals surface area contributed by atoms with Crippen LogP contribution in [-0.2, 0) is 0 Å². The SMILES string of the molecule is CSc1n[nH]c(-n2c(C)ccc2C)n1. The Bertz CT molecular complexity index is 424. The predicted molar refractivity (Wildman–Crippen MR) is 57.0 cm³/mol. The van der Waals surface area contributed by atoms with E-state index in [1.165, 1.54) is 11.8 Å². The maximum absolute atomic E-state index is 4.35. The largest absolute Gasteiger partial charge is 0.288 e. The van der Waals surface area contributed by atoms with Gasteiger partial charge in [-0.15, -0.1) is 5.10 Å². The first-order valence-electron chi connectivity index (χ1n) is 4.34. The van der Waals surface area contributed by atoms with Gasteiger partial charge in [0.05, 0.1) is 0 Å². The highest BCUT2D eigenvalue weighted by Crippen LogP contribution is 2.14. The molecule has 0 atom stereocenters. The number of hydrogen-bond acceptors (Lipinski definition) is 3. The van der Waals surface area contributed by atoms with Gasteiger partial charge >= 0.3 is 0 Å². The van der Waals surface area contributed by atoms with Crippen LogP contribution in [0.3, 0.4) is 0 Å². The molecule has 2 heterocycles. The van der Waals surface area contributed by atoms with E-state index in [0.29, 0.717) is 0 Å². The number of aromatic nitrogens is 4. The van der Waals surface area contributed by atoms with Crippen molar-refractivity contribution in [1.29, 1.82) is 0 Å². The summed E-state index contributed by atoms with van der Waals surface area (Å²) in [7, 11) is 0. The Labute approximate surface area is 86.7 Å². The number of thioether (sulfide) groups is 1.